The summed E-state index contributed by atoms with van der Waals surface area (Å²) in [6, 6.07) is 8.59. The van der Waals surface area contributed by atoms with Crippen LogP contribution in [-0.4, -0.2) is 11.2 Å². The Morgan fingerprint density at radius 1 is 1.25 bits per heavy atom. The van der Waals surface area contributed by atoms with Gasteiger partial charge in [0.2, 0.25) is 0 Å². The first-order valence-corrected chi connectivity index (χ1v) is 6.26. The zero-order valence-electron chi connectivity index (χ0n) is 10.5. The highest BCUT2D eigenvalue weighted by molar-refractivity contribution is 5.33. The van der Waals surface area contributed by atoms with E-state index in [0.717, 1.165) is 6.42 Å². The van der Waals surface area contributed by atoms with Crippen LogP contribution in [0, 0.1) is 5.41 Å². The van der Waals surface area contributed by atoms with Gasteiger partial charge < -0.3 is 5.11 Å². The van der Waals surface area contributed by atoms with E-state index in [1.807, 2.05) is 0 Å². The summed E-state index contributed by atoms with van der Waals surface area (Å²) in [5.41, 5.74) is 2.77. The largest absolute Gasteiger partial charge is 0.392 e. The quantitative estimate of drug-likeness (QED) is 0.764. The van der Waals surface area contributed by atoms with Gasteiger partial charge in [-0.3, -0.25) is 0 Å². The molecule has 0 heterocycles. The number of hydrogen-bond acceptors (Lipinski definition) is 1. The first-order chi connectivity index (χ1) is 7.50. The Hall–Kier alpha value is -0.820. The molecular weight excluding hydrogens is 196 g/mol. The van der Waals surface area contributed by atoms with Crippen molar-refractivity contribution >= 4 is 0 Å². The molecule has 0 spiro atoms. The van der Waals surface area contributed by atoms with Crippen molar-refractivity contribution in [3.8, 4) is 0 Å². The lowest BCUT2D eigenvalue weighted by atomic mass is 9.72. The minimum atomic E-state index is -0.242. The Bertz CT molecular complexity index is 362. The molecule has 1 aliphatic rings. The maximum Gasteiger partial charge on any atom is 0.0657 e. The van der Waals surface area contributed by atoms with Gasteiger partial charge in [0, 0.05) is 5.92 Å². The average molecular weight is 218 g/mol. The maximum atomic E-state index is 10.5. The summed E-state index contributed by atoms with van der Waals surface area (Å²) in [6.45, 7) is 6.36. The first kappa shape index (κ1) is 11.7. The predicted molar refractivity (Wildman–Crippen MR) is 67.6 cm³/mol. The standard InChI is InChI=1S/C15H22O/c1-15(2,3)14(16)13-10-6-8-11-7-4-5-9-12(11)13/h4-5,7,9,13-14,16H,6,8,10H2,1-3H3. The second-order valence-corrected chi connectivity index (χ2v) is 6.01. The minimum Gasteiger partial charge on any atom is -0.392 e. The molecule has 0 aliphatic heterocycles. The van der Waals surface area contributed by atoms with Crippen LogP contribution in [0.15, 0.2) is 24.3 Å². The van der Waals surface area contributed by atoms with Crippen LogP contribution in [0.1, 0.15) is 50.7 Å². The van der Waals surface area contributed by atoms with Gasteiger partial charge in [-0.1, -0.05) is 45.0 Å². The number of benzene rings is 1. The smallest absolute Gasteiger partial charge is 0.0657 e. The van der Waals surface area contributed by atoms with Crippen molar-refractivity contribution in [3.63, 3.8) is 0 Å². The van der Waals surface area contributed by atoms with Gasteiger partial charge >= 0.3 is 0 Å². The Labute approximate surface area is 98.5 Å². The summed E-state index contributed by atoms with van der Waals surface area (Å²) in [7, 11) is 0. The third-order valence-electron chi connectivity index (χ3n) is 3.68. The van der Waals surface area contributed by atoms with Crippen LogP contribution in [0.2, 0.25) is 0 Å². The number of aliphatic hydroxyl groups excluding tert-OH is 1. The highest BCUT2D eigenvalue weighted by atomic mass is 16.3. The van der Waals surface area contributed by atoms with Crippen molar-refractivity contribution in [3.05, 3.63) is 35.4 Å². The molecule has 0 fully saturated rings. The molecule has 2 unspecified atom stereocenters. The lowest BCUT2D eigenvalue weighted by Gasteiger charge is -2.36. The molecule has 0 bridgehead atoms. The Balaban J connectivity index is 2.32. The van der Waals surface area contributed by atoms with Crippen molar-refractivity contribution in [2.45, 2.75) is 52.1 Å². The normalized spacial score (nSPS) is 22.6. The van der Waals surface area contributed by atoms with Crippen molar-refractivity contribution in [1.29, 1.82) is 0 Å². The Morgan fingerprint density at radius 3 is 2.62 bits per heavy atom. The zero-order valence-corrected chi connectivity index (χ0v) is 10.5. The van der Waals surface area contributed by atoms with Crippen LogP contribution in [0.5, 0.6) is 0 Å². The van der Waals surface area contributed by atoms with Gasteiger partial charge in [-0.25, -0.2) is 0 Å². The molecule has 0 amide bonds. The second-order valence-electron chi connectivity index (χ2n) is 6.01. The zero-order chi connectivity index (χ0) is 11.8. The fourth-order valence-electron chi connectivity index (χ4n) is 2.72. The van der Waals surface area contributed by atoms with Crippen LogP contribution in [0.3, 0.4) is 0 Å². The van der Waals surface area contributed by atoms with Crippen molar-refractivity contribution in [1.82, 2.24) is 0 Å². The van der Waals surface area contributed by atoms with Crippen LogP contribution in [0.25, 0.3) is 0 Å². The van der Waals surface area contributed by atoms with E-state index in [4.69, 9.17) is 0 Å². The van der Waals surface area contributed by atoms with Gasteiger partial charge in [0.25, 0.3) is 0 Å². The van der Waals surface area contributed by atoms with Crippen molar-refractivity contribution in [2.24, 2.45) is 5.41 Å². The van der Waals surface area contributed by atoms with E-state index in [2.05, 4.69) is 45.0 Å². The molecule has 0 saturated heterocycles. The number of aryl methyl sites for hydroxylation is 1. The summed E-state index contributed by atoms with van der Waals surface area (Å²) < 4.78 is 0. The van der Waals surface area contributed by atoms with E-state index in [0.29, 0.717) is 5.92 Å². The molecule has 1 aromatic rings. The van der Waals surface area contributed by atoms with Gasteiger partial charge in [-0.05, 0) is 35.8 Å². The Morgan fingerprint density at radius 2 is 1.94 bits per heavy atom. The van der Waals surface area contributed by atoms with Gasteiger partial charge in [-0.15, -0.1) is 0 Å². The van der Waals surface area contributed by atoms with Crippen molar-refractivity contribution in [2.75, 3.05) is 0 Å². The fraction of sp³-hybridized carbons (Fsp3) is 0.600. The fourth-order valence-corrected chi connectivity index (χ4v) is 2.72. The van der Waals surface area contributed by atoms with Crippen LogP contribution in [-0.2, 0) is 6.42 Å². The monoisotopic (exact) mass is 218 g/mol. The molecule has 0 radical (unpaired) electrons. The average Bonchev–Trinajstić information content (AvgIpc) is 2.26. The minimum absolute atomic E-state index is 0.0326. The summed E-state index contributed by atoms with van der Waals surface area (Å²) in [5.74, 6) is 0.324. The van der Waals surface area contributed by atoms with Crippen LogP contribution < -0.4 is 0 Å². The third kappa shape index (κ3) is 2.15. The molecule has 16 heavy (non-hydrogen) atoms. The predicted octanol–water partition coefficient (Wildman–Crippen LogP) is 3.51. The summed E-state index contributed by atoms with van der Waals surface area (Å²) in [4.78, 5) is 0. The lowest BCUT2D eigenvalue weighted by molar-refractivity contribution is 0.0335. The van der Waals surface area contributed by atoms with Crippen molar-refractivity contribution < 1.29 is 5.11 Å². The Kier molecular flexibility index (Phi) is 3.07. The molecule has 1 N–H and O–H groups in total. The molecule has 2 atom stereocenters. The van der Waals surface area contributed by atoms with E-state index < -0.39 is 0 Å². The van der Waals surface area contributed by atoms with Gasteiger partial charge in [0.05, 0.1) is 6.10 Å². The van der Waals surface area contributed by atoms with Gasteiger partial charge in [0.15, 0.2) is 0 Å². The van der Waals surface area contributed by atoms with Gasteiger partial charge in [0.1, 0.15) is 0 Å². The molecule has 1 aliphatic carbocycles. The SMILES string of the molecule is CC(C)(C)C(O)C1CCCc2ccccc21. The molecule has 1 heteroatoms. The second kappa shape index (κ2) is 4.21. The van der Waals surface area contributed by atoms with E-state index in [1.54, 1.807) is 0 Å². The van der Waals surface area contributed by atoms with E-state index in [-0.39, 0.29) is 11.5 Å². The number of rotatable bonds is 1. The van der Waals surface area contributed by atoms with Crippen LogP contribution >= 0.6 is 0 Å². The maximum absolute atomic E-state index is 10.5. The number of hydrogen-bond donors (Lipinski definition) is 1. The van der Waals surface area contributed by atoms with Gasteiger partial charge in [-0.2, -0.15) is 0 Å². The molecule has 88 valence electrons. The summed E-state index contributed by atoms with van der Waals surface area (Å²) >= 11 is 0. The first-order valence-electron chi connectivity index (χ1n) is 6.26. The number of aliphatic hydroxyl groups is 1. The lowest BCUT2D eigenvalue weighted by Crippen LogP contribution is -2.34. The van der Waals surface area contributed by atoms with E-state index in [1.165, 1.54) is 24.0 Å². The highest BCUT2D eigenvalue weighted by Gasteiger charge is 2.33. The van der Waals surface area contributed by atoms with E-state index in [9.17, 15) is 5.11 Å². The molecule has 1 aromatic carbocycles. The van der Waals surface area contributed by atoms with E-state index >= 15 is 0 Å². The summed E-state index contributed by atoms with van der Waals surface area (Å²) in [5, 5.41) is 10.5. The third-order valence-corrected chi connectivity index (χ3v) is 3.68. The summed E-state index contributed by atoms with van der Waals surface area (Å²) in [6.07, 6.45) is 3.25. The molecule has 0 aromatic heterocycles. The molecular formula is C15H22O. The number of fused-ring (bicyclic) bond motifs is 1. The topological polar surface area (TPSA) is 20.2 Å². The molecule has 1 nitrogen and oxygen atoms in total. The van der Waals surface area contributed by atoms with Crippen LogP contribution in [0.4, 0.5) is 0 Å². The molecule has 0 saturated carbocycles. The molecule has 2 rings (SSSR count). The highest BCUT2D eigenvalue weighted by Crippen LogP contribution is 2.39.